The molecule has 5 nitrogen and oxygen atoms in total. The lowest BCUT2D eigenvalue weighted by atomic mass is 9.63. The molecule has 2 bridgehead atoms. The van der Waals surface area contributed by atoms with Gasteiger partial charge in [-0.2, -0.15) is 0 Å². The number of fused-ring (bicyclic) bond motifs is 6. The van der Waals surface area contributed by atoms with Gasteiger partial charge in [-0.15, -0.1) is 0 Å². The number of furan rings is 1. The Bertz CT molecular complexity index is 1060. The fraction of sp³-hybridized carbons (Fsp3) is 0.409. The summed E-state index contributed by atoms with van der Waals surface area (Å²) in [7, 11) is 0. The molecule has 138 valence electrons. The van der Waals surface area contributed by atoms with Crippen LogP contribution < -0.4 is 5.32 Å². The van der Waals surface area contributed by atoms with E-state index in [0.717, 1.165) is 41.0 Å². The van der Waals surface area contributed by atoms with E-state index >= 15 is 0 Å². The first-order valence-electron chi connectivity index (χ1n) is 9.49. The van der Waals surface area contributed by atoms with Crippen LogP contribution >= 0.6 is 0 Å². The quantitative estimate of drug-likeness (QED) is 0.769. The van der Waals surface area contributed by atoms with Gasteiger partial charge in [0.25, 0.3) is 0 Å². The van der Waals surface area contributed by atoms with Gasteiger partial charge >= 0.3 is 0 Å². The molecule has 2 aliphatic carbocycles. The van der Waals surface area contributed by atoms with Gasteiger partial charge in [-0.3, -0.25) is 4.79 Å². The number of nitrogens with one attached hydrogen (secondary N) is 1. The average Bonchev–Trinajstić information content (AvgIpc) is 3.28. The molecule has 0 saturated heterocycles. The van der Waals surface area contributed by atoms with Gasteiger partial charge in [-0.05, 0) is 42.5 Å². The topological polar surface area (TPSA) is 68.0 Å². The van der Waals surface area contributed by atoms with Crippen molar-refractivity contribution in [1.82, 2.24) is 15.3 Å². The number of rotatable bonds is 3. The van der Waals surface area contributed by atoms with Crippen LogP contribution in [0.25, 0.3) is 11.0 Å². The normalized spacial score (nSPS) is 27.7. The number of nitrogens with zero attached hydrogens (tertiary/aromatic N) is 2. The molecule has 1 saturated carbocycles. The lowest BCUT2D eigenvalue weighted by Gasteiger charge is -2.39. The maximum Gasteiger partial charge on any atom is 0.233 e. The average molecular weight is 361 g/mol. The Balaban J connectivity index is 1.65. The lowest BCUT2D eigenvalue weighted by molar-refractivity contribution is -0.130. The first-order valence-corrected chi connectivity index (χ1v) is 9.49. The second-order valence-electron chi connectivity index (χ2n) is 8.53. The van der Waals surface area contributed by atoms with Crippen LogP contribution in [0.5, 0.6) is 0 Å². The molecule has 5 heteroatoms. The molecular weight excluding hydrogens is 338 g/mol. The zero-order chi connectivity index (χ0) is 18.9. The van der Waals surface area contributed by atoms with Crippen LogP contribution in [0.4, 0.5) is 0 Å². The molecule has 1 aromatic carbocycles. The summed E-state index contributed by atoms with van der Waals surface area (Å²) < 4.78 is 5.38. The molecule has 3 aromatic rings. The van der Waals surface area contributed by atoms with E-state index in [4.69, 9.17) is 14.4 Å². The third-order valence-electron chi connectivity index (χ3n) is 7.33. The summed E-state index contributed by atoms with van der Waals surface area (Å²) >= 11 is 0. The molecule has 2 atom stereocenters. The number of carbonyl (C=O) groups excluding carboxylic acids is 1. The van der Waals surface area contributed by atoms with E-state index in [2.05, 4.69) is 26.1 Å². The van der Waals surface area contributed by atoms with Gasteiger partial charge in [0.1, 0.15) is 5.76 Å². The molecule has 2 aliphatic rings. The lowest BCUT2D eigenvalue weighted by Crippen LogP contribution is -2.51. The molecule has 0 spiro atoms. The summed E-state index contributed by atoms with van der Waals surface area (Å²) in [4.78, 5) is 23.5. The number of hydrogen-bond donors (Lipinski definition) is 1. The fourth-order valence-corrected chi connectivity index (χ4v) is 5.28. The largest absolute Gasteiger partial charge is 0.467 e. The number of carbonyl (C=O) groups is 1. The molecule has 0 radical (unpaired) electrons. The molecular formula is C22H23N3O2. The van der Waals surface area contributed by atoms with E-state index in [-0.39, 0.29) is 16.7 Å². The van der Waals surface area contributed by atoms with Crippen molar-refractivity contribution in [2.45, 2.75) is 51.0 Å². The summed E-state index contributed by atoms with van der Waals surface area (Å²) in [6.45, 7) is 7.02. The molecule has 2 heterocycles. The summed E-state index contributed by atoms with van der Waals surface area (Å²) in [6, 6.07) is 11.6. The van der Waals surface area contributed by atoms with Crippen molar-refractivity contribution in [3.8, 4) is 0 Å². The highest BCUT2D eigenvalue weighted by atomic mass is 16.3. The molecule has 0 unspecified atom stereocenters. The third-order valence-corrected chi connectivity index (χ3v) is 7.33. The highest BCUT2D eigenvalue weighted by Crippen LogP contribution is 2.70. The summed E-state index contributed by atoms with van der Waals surface area (Å²) in [6.07, 6.45) is 3.35. The minimum absolute atomic E-state index is 0.0240. The van der Waals surface area contributed by atoms with E-state index in [9.17, 15) is 4.79 Å². The number of hydrogen-bond acceptors (Lipinski definition) is 4. The van der Waals surface area contributed by atoms with Crippen LogP contribution in [-0.4, -0.2) is 15.9 Å². The van der Waals surface area contributed by atoms with Crippen LogP contribution in [0.3, 0.4) is 0 Å². The minimum Gasteiger partial charge on any atom is -0.467 e. The van der Waals surface area contributed by atoms with Gasteiger partial charge in [0.2, 0.25) is 5.91 Å². The van der Waals surface area contributed by atoms with Crippen molar-refractivity contribution in [2.75, 3.05) is 0 Å². The van der Waals surface area contributed by atoms with Gasteiger partial charge in [-0.25, -0.2) is 9.97 Å². The summed E-state index contributed by atoms with van der Waals surface area (Å²) in [5.74, 6) is 0.775. The fourth-order valence-electron chi connectivity index (χ4n) is 5.28. The van der Waals surface area contributed by atoms with Crippen LogP contribution in [0.2, 0.25) is 0 Å². The highest BCUT2D eigenvalue weighted by Gasteiger charge is 2.73. The van der Waals surface area contributed by atoms with Crippen molar-refractivity contribution in [2.24, 2.45) is 5.41 Å². The monoisotopic (exact) mass is 361 g/mol. The number of benzene rings is 1. The Hall–Kier alpha value is -2.69. The van der Waals surface area contributed by atoms with Crippen molar-refractivity contribution in [1.29, 1.82) is 0 Å². The Morgan fingerprint density at radius 3 is 2.41 bits per heavy atom. The van der Waals surface area contributed by atoms with E-state index in [1.54, 1.807) is 6.26 Å². The third kappa shape index (κ3) is 1.87. The Kier molecular flexibility index (Phi) is 3.16. The van der Waals surface area contributed by atoms with Crippen molar-refractivity contribution in [3.05, 3.63) is 59.8 Å². The van der Waals surface area contributed by atoms with Gasteiger partial charge in [0.15, 0.2) is 0 Å². The maximum atomic E-state index is 13.6. The van der Waals surface area contributed by atoms with Gasteiger partial charge < -0.3 is 9.73 Å². The molecule has 1 amide bonds. The molecule has 5 rings (SSSR count). The van der Waals surface area contributed by atoms with Crippen LogP contribution in [0.1, 0.15) is 50.8 Å². The second-order valence-corrected chi connectivity index (χ2v) is 8.53. The van der Waals surface area contributed by atoms with Gasteiger partial charge in [0.05, 0.1) is 40.6 Å². The minimum atomic E-state index is -0.666. The highest BCUT2D eigenvalue weighted by molar-refractivity contribution is 5.92. The molecule has 1 N–H and O–H groups in total. The zero-order valence-corrected chi connectivity index (χ0v) is 15.9. The molecule has 0 aliphatic heterocycles. The summed E-state index contributed by atoms with van der Waals surface area (Å²) in [5.41, 5.74) is 2.49. The zero-order valence-electron chi connectivity index (χ0n) is 15.9. The van der Waals surface area contributed by atoms with Crippen LogP contribution in [0.15, 0.2) is 47.1 Å². The Morgan fingerprint density at radius 1 is 1.04 bits per heavy atom. The molecule has 1 fully saturated rings. The maximum absolute atomic E-state index is 13.6. The van der Waals surface area contributed by atoms with E-state index in [1.165, 1.54) is 0 Å². The van der Waals surface area contributed by atoms with Crippen LogP contribution in [-0.2, 0) is 22.2 Å². The van der Waals surface area contributed by atoms with Gasteiger partial charge in [0, 0.05) is 5.41 Å². The predicted molar refractivity (Wildman–Crippen MR) is 102 cm³/mol. The summed E-state index contributed by atoms with van der Waals surface area (Å²) in [5, 5.41) is 3.11. The molecule has 2 aromatic heterocycles. The van der Waals surface area contributed by atoms with E-state index in [0.29, 0.717) is 6.54 Å². The molecule has 27 heavy (non-hydrogen) atoms. The van der Waals surface area contributed by atoms with Crippen molar-refractivity contribution >= 4 is 16.9 Å². The Labute approximate surface area is 158 Å². The van der Waals surface area contributed by atoms with Crippen molar-refractivity contribution < 1.29 is 9.21 Å². The number of para-hydroxylation sites is 2. The van der Waals surface area contributed by atoms with Crippen LogP contribution in [0, 0.1) is 5.41 Å². The van der Waals surface area contributed by atoms with Gasteiger partial charge in [-0.1, -0.05) is 32.9 Å². The van der Waals surface area contributed by atoms with E-state index in [1.807, 2.05) is 36.4 Å². The SMILES string of the molecule is CC1(C)[C@@]2(C)CC[C@@]1(C(=O)NCc1ccco1)c1nc3ccccc3nc12. The van der Waals surface area contributed by atoms with E-state index < -0.39 is 5.41 Å². The number of aromatic nitrogens is 2. The first kappa shape index (κ1) is 16.5. The first-order chi connectivity index (χ1) is 12.9. The smallest absolute Gasteiger partial charge is 0.233 e. The second kappa shape index (κ2) is 5.18. The number of amides is 1. The predicted octanol–water partition coefficient (Wildman–Crippen LogP) is 3.87. The Morgan fingerprint density at radius 2 is 1.74 bits per heavy atom. The standard InChI is InChI=1S/C22H23N3O2/c1-20(2)21(3)10-11-22(20,19(26)23-13-14-7-6-12-27-14)18-17(21)24-15-8-4-5-9-16(15)25-18/h4-9,12H,10-11,13H2,1-3H3,(H,23,26)/t21-,22-/m0/s1. The van der Waals surface area contributed by atoms with Crippen molar-refractivity contribution in [3.63, 3.8) is 0 Å².